The first-order valence-corrected chi connectivity index (χ1v) is 6.78. The molecular weight excluding hydrogens is 256 g/mol. The largest absolute Gasteiger partial charge is 0.480 e. The summed E-state index contributed by atoms with van der Waals surface area (Å²) in [5, 5.41) is 10.3. The Labute approximate surface area is 116 Å². The summed E-state index contributed by atoms with van der Waals surface area (Å²) in [4.78, 5) is 28.3. The predicted octanol–water partition coefficient (Wildman–Crippen LogP) is 2.25. The van der Waals surface area contributed by atoms with Crippen molar-refractivity contribution in [3.05, 3.63) is 36.0 Å². The third-order valence-corrected chi connectivity index (χ3v) is 3.85. The number of benzene rings is 1. The van der Waals surface area contributed by atoms with Gasteiger partial charge in [0.15, 0.2) is 0 Å². The smallest absolute Gasteiger partial charge is 0.326 e. The molecule has 5 heteroatoms. The molecule has 1 amide bonds. The molecule has 0 spiro atoms. The molecule has 1 saturated heterocycles. The number of piperidine rings is 1. The molecule has 0 saturated carbocycles. The molecule has 2 heterocycles. The Morgan fingerprint density at radius 1 is 1.25 bits per heavy atom. The summed E-state index contributed by atoms with van der Waals surface area (Å²) in [5.41, 5.74) is 1.42. The number of aromatic nitrogens is 1. The number of nitrogens with zero attached hydrogens (tertiary/aromatic N) is 1. The standard InChI is InChI=1S/C15H16N2O3/c18-14(17-8-2-1-3-13(17)15(19)20)11-5-4-10-6-7-16-12(10)9-11/h4-7,9,13,16H,1-3,8H2,(H,19,20). The third kappa shape index (κ3) is 2.15. The molecule has 1 unspecified atom stereocenters. The molecule has 1 aliphatic heterocycles. The highest BCUT2D eigenvalue weighted by atomic mass is 16.4. The van der Waals surface area contributed by atoms with E-state index < -0.39 is 12.0 Å². The number of carbonyl (C=O) groups excluding carboxylic acids is 1. The van der Waals surface area contributed by atoms with Crippen molar-refractivity contribution < 1.29 is 14.7 Å². The number of nitrogens with one attached hydrogen (secondary N) is 1. The fourth-order valence-electron chi connectivity index (χ4n) is 2.78. The predicted molar refractivity (Wildman–Crippen MR) is 74.6 cm³/mol. The zero-order valence-electron chi connectivity index (χ0n) is 11.0. The summed E-state index contributed by atoms with van der Waals surface area (Å²) < 4.78 is 0. The van der Waals surface area contributed by atoms with Crippen molar-refractivity contribution >= 4 is 22.8 Å². The van der Waals surface area contributed by atoms with Gasteiger partial charge in [-0.25, -0.2) is 4.79 Å². The van der Waals surface area contributed by atoms with Crippen molar-refractivity contribution in [3.8, 4) is 0 Å². The van der Waals surface area contributed by atoms with Gasteiger partial charge in [0, 0.05) is 23.8 Å². The van der Waals surface area contributed by atoms with Gasteiger partial charge in [0.25, 0.3) is 5.91 Å². The highest BCUT2D eigenvalue weighted by molar-refractivity contribution is 5.99. The first-order chi connectivity index (χ1) is 9.66. The fourth-order valence-corrected chi connectivity index (χ4v) is 2.78. The molecule has 1 aromatic heterocycles. The maximum atomic E-state index is 12.5. The zero-order valence-corrected chi connectivity index (χ0v) is 11.0. The van der Waals surface area contributed by atoms with Crippen molar-refractivity contribution in [2.75, 3.05) is 6.54 Å². The van der Waals surface area contributed by atoms with Gasteiger partial charge >= 0.3 is 5.97 Å². The molecule has 1 aliphatic rings. The normalized spacial score (nSPS) is 19.2. The summed E-state index contributed by atoms with van der Waals surface area (Å²) in [6, 6.07) is 6.65. The van der Waals surface area contributed by atoms with Crippen LogP contribution in [-0.2, 0) is 4.79 Å². The fraction of sp³-hybridized carbons (Fsp3) is 0.333. The van der Waals surface area contributed by atoms with E-state index in [4.69, 9.17) is 0 Å². The van der Waals surface area contributed by atoms with Crippen molar-refractivity contribution in [1.29, 1.82) is 0 Å². The van der Waals surface area contributed by atoms with E-state index in [0.717, 1.165) is 23.7 Å². The number of carboxylic acids is 1. The minimum absolute atomic E-state index is 0.200. The van der Waals surface area contributed by atoms with E-state index in [2.05, 4.69) is 4.98 Å². The number of fused-ring (bicyclic) bond motifs is 1. The lowest BCUT2D eigenvalue weighted by atomic mass is 10.0. The molecule has 0 radical (unpaired) electrons. The molecule has 1 aromatic carbocycles. The SMILES string of the molecule is O=C(O)C1CCCCN1C(=O)c1ccc2cc[nH]c2c1. The Morgan fingerprint density at radius 2 is 2.10 bits per heavy atom. The second-order valence-electron chi connectivity index (χ2n) is 5.13. The van der Waals surface area contributed by atoms with Gasteiger partial charge < -0.3 is 15.0 Å². The molecular formula is C15H16N2O3. The van der Waals surface area contributed by atoms with Crippen molar-refractivity contribution in [2.24, 2.45) is 0 Å². The zero-order chi connectivity index (χ0) is 14.1. The van der Waals surface area contributed by atoms with Gasteiger partial charge in [-0.3, -0.25) is 4.79 Å². The Bertz CT molecular complexity index is 662. The number of H-pyrrole nitrogens is 1. The maximum absolute atomic E-state index is 12.5. The number of aliphatic carboxylic acids is 1. The van der Waals surface area contributed by atoms with Crippen molar-refractivity contribution in [3.63, 3.8) is 0 Å². The number of amides is 1. The van der Waals surface area contributed by atoms with Crippen LogP contribution in [0.3, 0.4) is 0 Å². The Balaban J connectivity index is 1.91. The number of carboxylic acid groups (broad SMARTS) is 1. The Kier molecular flexibility index (Phi) is 3.18. The van der Waals surface area contributed by atoms with Crippen molar-refractivity contribution in [2.45, 2.75) is 25.3 Å². The number of carbonyl (C=O) groups is 2. The quantitative estimate of drug-likeness (QED) is 0.880. The summed E-state index contributed by atoms with van der Waals surface area (Å²) in [6.07, 6.45) is 4.07. The first-order valence-electron chi connectivity index (χ1n) is 6.78. The van der Waals surface area contributed by atoms with E-state index in [1.807, 2.05) is 18.3 Å². The van der Waals surface area contributed by atoms with Crippen LogP contribution in [0.5, 0.6) is 0 Å². The van der Waals surface area contributed by atoms with Crippen LogP contribution < -0.4 is 0 Å². The van der Waals surface area contributed by atoms with E-state index >= 15 is 0 Å². The van der Waals surface area contributed by atoms with Crippen LogP contribution in [0.2, 0.25) is 0 Å². The summed E-state index contributed by atoms with van der Waals surface area (Å²) in [7, 11) is 0. The van der Waals surface area contributed by atoms with Gasteiger partial charge in [-0.15, -0.1) is 0 Å². The van der Waals surface area contributed by atoms with Crippen LogP contribution in [0.25, 0.3) is 10.9 Å². The number of likely N-dealkylation sites (tertiary alicyclic amines) is 1. The molecule has 0 bridgehead atoms. The molecule has 2 N–H and O–H groups in total. The first kappa shape index (κ1) is 12.7. The van der Waals surface area contributed by atoms with Crippen LogP contribution in [-0.4, -0.2) is 39.5 Å². The second-order valence-corrected chi connectivity index (χ2v) is 5.13. The summed E-state index contributed by atoms with van der Waals surface area (Å²) in [6.45, 7) is 0.512. The van der Waals surface area contributed by atoms with Gasteiger partial charge in [0.2, 0.25) is 0 Å². The molecule has 1 atom stereocenters. The van der Waals surface area contributed by atoms with E-state index in [9.17, 15) is 14.7 Å². The molecule has 20 heavy (non-hydrogen) atoms. The average molecular weight is 272 g/mol. The van der Waals surface area contributed by atoms with E-state index in [-0.39, 0.29) is 5.91 Å². The second kappa shape index (κ2) is 5.00. The van der Waals surface area contributed by atoms with E-state index in [0.29, 0.717) is 18.5 Å². The summed E-state index contributed by atoms with van der Waals surface area (Å²) in [5.74, 6) is -1.12. The lowest BCUT2D eigenvalue weighted by Crippen LogP contribution is -2.47. The van der Waals surface area contributed by atoms with Gasteiger partial charge in [0.1, 0.15) is 6.04 Å². The lowest BCUT2D eigenvalue weighted by Gasteiger charge is -2.33. The average Bonchev–Trinajstić information content (AvgIpc) is 2.93. The monoisotopic (exact) mass is 272 g/mol. The van der Waals surface area contributed by atoms with Gasteiger partial charge in [-0.2, -0.15) is 0 Å². The Morgan fingerprint density at radius 3 is 2.90 bits per heavy atom. The molecule has 5 nitrogen and oxygen atoms in total. The minimum atomic E-state index is -0.918. The number of rotatable bonds is 2. The van der Waals surface area contributed by atoms with Gasteiger partial charge in [-0.05, 0) is 42.8 Å². The highest BCUT2D eigenvalue weighted by Gasteiger charge is 2.32. The van der Waals surface area contributed by atoms with E-state index in [1.165, 1.54) is 4.90 Å². The topological polar surface area (TPSA) is 73.4 Å². The Hall–Kier alpha value is -2.30. The van der Waals surface area contributed by atoms with Gasteiger partial charge in [0.05, 0.1) is 0 Å². The van der Waals surface area contributed by atoms with Crippen LogP contribution in [0.1, 0.15) is 29.6 Å². The molecule has 104 valence electrons. The maximum Gasteiger partial charge on any atom is 0.326 e. The van der Waals surface area contributed by atoms with Crippen molar-refractivity contribution in [1.82, 2.24) is 9.88 Å². The van der Waals surface area contributed by atoms with Crippen LogP contribution in [0.15, 0.2) is 30.5 Å². The number of aromatic amines is 1. The number of hydrogen-bond acceptors (Lipinski definition) is 2. The minimum Gasteiger partial charge on any atom is -0.480 e. The van der Waals surface area contributed by atoms with Crippen LogP contribution >= 0.6 is 0 Å². The number of hydrogen-bond donors (Lipinski definition) is 2. The third-order valence-electron chi connectivity index (χ3n) is 3.85. The van der Waals surface area contributed by atoms with E-state index in [1.54, 1.807) is 12.1 Å². The molecule has 3 rings (SSSR count). The van der Waals surface area contributed by atoms with Gasteiger partial charge in [-0.1, -0.05) is 6.07 Å². The highest BCUT2D eigenvalue weighted by Crippen LogP contribution is 2.22. The summed E-state index contributed by atoms with van der Waals surface area (Å²) >= 11 is 0. The van der Waals surface area contributed by atoms with Crippen LogP contribution in [0, 0.1) is 0 Å². The molecule has 2 aromatic rings. The molecule has 0 aliphatic carbocycles. The van der Waals surface area contributed by atoms with Crippen LogP contribution in [0.4, 0.5) is 0 Å². The molecule has 1 fully saturated rings. The lowest BCUT2D eigenvalue weighted by molar-refractivity contribution is -0.143.